The Bertz CT molecular complexity index is 593. The zero-order valence-corrected chi connectivity index (χ0v) is 12.0. The lowest BCUT2D eigenvalue weighted by Gasteiger charge is -2.26. The molecule has 0 bridgehead atoms. The van der Waals surface area contributed by atoms with Gasteiger partial charge in [-0.15, -0.1) is 0 Å². The summed E-state index contributed by atoms with van der Waals surface area (Å²) in [5.41, 5.74) is 2.77. The van der Waals surface area contributed by atoms with Crippen molar-refractivity contribution in [3.63, 3.8) is 0 Å². The van der Waals surface area contributed by atoms with Gasteiger partial charge in [-0.05, 0) is 42.5 Å². The number of methoxy groups -OCH3 is 1. The van der Waals surface area contributed by atoms with E-state index >= 15 is 0 Å². The number of ether oxygens (including phenoxy) is 1. The van der Waals surface area contributed by atoms with E-state index in [0.717, 1.165) is 24.4 Å². The molecule has 5 nitrogen and oxygen atoms in total. The molecule has 20 heavy (non-hydrogen) atoms. The first-order chi connectivity index (χ1) is 9.76. The summed E-state index contributed by atoms with van der Waals surface area (Å²) in [6, 6.07) is 6.73. The van der Waals surface area contributed by atoms with E-state index < -0.39 is 0 Å². The molecule has 3 rings (SSSR count). The summed E-state index contributed by atoms with van der Waals surface area (Å²) in [4.78, 5) is 4.25. The SMILES string of the molecule is COc1ccc2c(c1)C(NCc1ncn(C)n1)CCC2. The number of nitrogens with one attached hydrogen (secondary N) is 1. The van der Waals surface area contributed by atoms with Crippen molar-refractivity contribution >= 4 is 0 Å². The summed E-state index contributed by atoms with van der Waals surface area (Å²) in [5.74, 6) is 1.76. The molecule has 1 aromatic carbocycles. The molecule has 1 heterocycles. The molecule has 106 valence electrons. The van der Waals surface area contributed by atoms with Gasteiger partial charge in [0, 0.05) is 13.1 Å². The van der Waals surface area contributed by atoms with Crippen LogP contribution in [-0.2, 0) is 20.0 Å². The maximum absolute atomic E-state index is 5.34. The number of benzene rings is 1. The molecule has 1 atom stereocenters. The van der Waals surface area contributed by atoms with Crippen molar-refractivity contribution in [2.45, 2.75) is 31.8 Å². The third kappa shape index (κ3) is 2.67. The average molecular weight is 272 g/mol. The van der Waals surface area contributed by atoms with Gasteiger partial charge in [-0.25, -0.2) is 4.98 Å². The Morgan fingerprint density at radius 2 is 2.35 bits per heavy atom. The summed E-state index contributed by atoms with van der Waals surface area (Å²) < 4.78 is 7.07. The fourth-order valence-corrected chi connectivity index (χ4v) is 2.80. The molecule has 0 saturated carbocycles. The van der Waals surface area contributed by atoms with Crippen LogP contribution >= 0.6 is 0 Å². The van der Waals surface area contributed by atoms with Crippen molar-refractivity contribution in [1.29, 1.82) is 0 Å². The van der Waals surface area contributed by atoms with Crippen LogP contribution in [0.3, 0.4) is 0 Å². The number of aromatic nitrogens is 3. The monoisotopic (exact) mass is 272 g/mol. The first-order valence-electron chi connectivity index (χ1n) is 7.01. The van der Waals surface area contributed by atoms with Crippen LogP contribution in [0.2, 0.25) is 0 Å². The second-order valence-electron chi connectivity index (χ2n) is 5.22. The van der Waals surface area contributed by atoms with E-state index in [4.69, 9.17) is 4.74 Å². The molecular weight excluding hydrogens is 252 g/mol. The lowest BCUT2D eigenvalue weighted by Crippen LogP contribution is -2.25. The highest BCUT2D eigenvalue weighted by molar-refractivity contribution is 5.39. The van der Waals surface area contributed by atoms with Crippen molar-refractivity contribution in [2.75, 3.05) is 7.11 Å². The third-order valence-electron chi connectivity index (χ3n) is 3.82. The highest BCUT2D eigenvalue weighted by atomic mass is 16.5. The van der Waals surface area contributed by atoms with Crippen LogP contribution in [-0.4, -0.2) is 21.9 Å². The molecule has 5 heteroatoms. The molecule has 0 aliphatic heterocycles. The lowest BCUT2D eigenvalue weighted by atomic mass is 9.87. The van der Waals surface area contributed by atoms with E-state index in [1.54, 1.807) is 18.1 Å². The van der Waals surface area contributed by atoms with Gasteiger partial charge in [-0.2, -0.15) is 5.10 Å². The van der Waals surface area contributed by atoms with Crippen LogP contribution in [0.5, 0.6) is 5.75 Å². The Hall–Kier alpha value is -1.88. The summed E-state index contributed by atoms with van der Waals surface area (Å²) in [7, 11) is 3.60. The Balaban J connectivity index is 1.75. The normalized spacial score (nSPS) is 17.8. The highest BCUT2D eigenvalue weighted by Crippen LogP contribution is 2.32. The Morgan fingerprint density at radius 1 is 1.45 bits per heavy atom. The number of hydrogen-bond donors (Lipinski definition) is 1. The van der Waals surface area contributed by atoms with Crippen LogP contribution in [0.25, 0.3) is 0 Å². The molecule has 1 aromatic heterocycles. The van der Waals surface area contributed by atoms with Crippen molar-refractivity contribution in [3.05, 3.63) is 41.5 Å². The van der Waals surface area contributed by atoms with Gasteiger partial charge in [0.15, 0.2) is 5.82 Å². The van der Waals surface area contributed by atoms with E-state index in [1.807, 2.05) is 13.1 Å². The largest absolute Gasteiger partial charge is 0.497 e. The minimum atomic E-state index is 0.359. The molecule has 2 aromatic rings. The molecule has 1 N–H and O–H groups in total. The maximum atomic E-state index is 5.34. The van der Waals surface area contributed by atoms with Gasteiger partial charge < -0.3 is 10.1 Å². The van der Waals surface area contributed by atoms with Gasteiger partial charge in [-0.3, -0.25) is 4.68 Å². The van der Waals surface area contributed by atoms with E-state index in [1.165, 1.54) is 17.5 Å². The van der Waals surface area contributed by atoms with Crippen molar-refractivity contribution in [3.8, 4) is 5.75 Å². The minimum Gasteiger partial charge on any atom is -0.497 e. The van der Waals surface area contributed by atoms with Crippen molar-refractivity contribution in [1.82, 2.24) is 20.1 Å². The van der Waals surface area contributed by atoms with Gasteiger partial charge in [0.25, 0.3) is 0 Å². The van der Waals surface area contributed by atoms with E-state index in [2.05, 4.69) is 27.5 Å². The van der Waals surface area contributed by atoms with Crippen molar-refractivity contribution in [2.24, 2.45) is 7.05 Å². The predicted molar refractivity (Wildman–Crippen MR) is 76.5 cm³/mol. The molecular formula is C15H20N4O. The average Bonchev–Trinajstić information content (AvgIpc) is 2.90. The molecule has 0 radical (unpaired) electrons. The molecule has 0 amide bonds. The lowest BCUT2D eigenvalue weighted by molar-refractivity contribution is 0.408. The van der Waals surface area contributed by atoms with Crippen molar-refractivity contribution < 1.29 is 4.74 Å². The number of nitrogens with zero attached hydrogens (tertiary/aromatic N) is 3. The van der Waals surface area contributed by atoms with Crippen LogP contribution in [0, 0.1) is 0 Å². The second-order valence-corrected chi connectivity index (χ2v) is 5.22. The fraction of sp³-hybridized carbons (Fsp3) is 0.467. The Kier molecular flexibility index (Phi) is 3.69. The maximum Gasteiger partial charge on any atom is 0.164 e. The van der Waals surface area contributed by atoms with Gasteiger partial charge in [0.2, 0.25) is 0 Å². The Labute approximate surface area is 119 Å². The summed E-state index contributed by atoms with van der Waals surface area (Å²) >= 11 is 0. The molecule has 1 aliphatic rings. The summed E-state index contributed by atoms with van der Waals surface area (Å²) in [6.07, 6.45) is 5.24. The first-order valence-corrected chi connectivity index (χ1v) is 7.01. The number of rotatable bonds is 4. The highest BCUT2D eigenvalue weighted by Gasteiger charge is 2.20. The predicted octanol–water partition coefficient (Wildman–Crippen LogP) is 1.99. The molecule has 1 aliphatic carbocycles. The molecule has 0 saturated heterocycles. The number of hydrogen-bond acceptors (Lipinski definition) is 4. The first kappa shape index (κ1) is 13.1. The standard InChI is InChI=1S/C15H20N4O/c1-19-10-17-15(18-19)9-16-14-5-3-4-11-6-7-12(20-2)8-13(11)14/h6-8,10,14,16H,3-5,9H2,1-2H3. The summed E-state index contributed by atoms with van der Waals surface area (Å²) in [5, 5.41) is 7.87. The molecule has 0 spiro atoms. The van der Waals surface area contributed by atoms with E-state index in [0.29, 0.717) is 12.6 Å². The van der Waals surface area contributed by atoms with Crippen LogP contribution in [0.15, 0.2) is 24.5 Å². The van der Waals surface area contributed by atoms with Gasteiger partial charge in [0.05, 0.1) is 13.7 Å². The zero-order valence-electron chi connectivity index (χ0n) is 12.0. The molecule has 0 fully saturated rings. The topological polar surface area (TPSA) is 52.0 Å². The number of fused-ring (bicyclic) bond motifs is 1. The van der Waals surface area contributed by atoms with Gasteiger partial charge >= 0.3 is 0 Å². The smallest absolute Gasteiger partial charge is 0.164 e. The zero-order chi connectivity index (χ0) is 13.9. The van der Waals surface area contributed by atoms with E-state index in [9.17, 15) is 0 Å². The van der Waals surface area contributed by atoms with E-state index in [-0.39, 0.29) is 0 Å². The second kappa shape index (κ2) is 5.63. The number of aryl methyl sites for hydroxylation is 2. The Morgan fingerprint density at radius 3 is 3.10 bits per heavy atom. The summed E-state index contributed by atoms with van der Waals surface area (Å²) in [6.45, 7) is 0.697. The molecule has 1 unspecified atom stereocenters. The van der Waals surface area contributed by atoms with Crippen LogP contribution in [0.1, 0.15) is 35.8 Å². The quantitative estimate of drug-likeness (QED) is 0.925. The van der Waals surface area contributed by atoms with Gasteiger partial charge in [-0.1, -0.05) is 6.07 Å². The third-order valence-corrected chi connectivity index (χ3v) is 3.82. The minimum absolute atomic E-state index is 0.359. The van der Waals surface area contributed by atoms with Crippen LogP contribution in [0.4, 0.5) is 0 Å². The van der Waals surface area contributed by atoms with Gasteiger partial charge in [0.1, 0.15) is 12.1 Å². The fourth-order valence-electron chi connectivity index (χ4n) is 2.80. The van der Waals surface area contributed by atoms with Crippen LogP contribution < -0.4 is 10.1 Å².